The summed E-state index contributed by atoms with van der Waals surface area (Å²) in [5, 5.41) is 2.96. The topological polar surface area (TPSA) is 104 Å². The Hall–Kier alpha value is -4.26. The van der Waals surface area contributed by atoms with Crippen molar-refractivity contribution >= 4 is 29.0 Å². The highest BCUT2D eigenvalue weighted by Crippen LogP contribution is 2.34. The number of rotatable bonds is 8. The monoisotopic (exact) mass is 571 g/mol. The summed E-state index contributed by atoms with van der Waals surface area (Å²) >= 11 is 0. The Balaban J connectivity index is 1.23. The third kappa shape index (κ3) is 7.48. The van der Waals surface area contributed by atoms with Gasteiger partial charge < -0.3 is 15.0 Å². The van der Waals surface area contributed by atoms with Crippen molar-refractivity contribution in [3.8, 4) is 0 Å². The number of halogens is 4. The van der Waals surface area contributed by atoms with Crippen LogP contribution in [-0.4, -0.2) is 47.2 Å². The molecule has 9 nitrogen and oxygen atoms in total. The molecular weight excluding hydrogens is 542 g/mol. The minimum absolute atomic E-state index is 0.0103. The van der Waals surface area contributed by atoms with E-state index in [0.29, 0.717) is 44.0 Å². The zero-order valence-corrected chi connectivity index (χ0v) is 22.1. The molecule has 2 aliphatic rings. The number of benzene rings is 1. The molecule has 2 aromatic heterocycles. The second-order valence-corrected chi connectivity index (χ2v) is 9.80. The van der Waals surface area contributed by atoms with Gasteiger partial charge in [-0.25, -0.2) is 14.4 Å². The molecule has 1 fully saturated rings. The molecule has 0 radical (unpaired) electrons. The zero-order valence-electron chi connectivity index (χ0n) is 22.1. The highest BCUT2D eigenvalue weighted by molar-refractivity contribution is 5.93. The number of carbonyl (C=O) groups excluding carboxylic acids is 1. The van der Waals surface area contributed by atoms with E-state index in [2.05, 4.69) is 37.2 Å². The predicted molar refractivity (Wildman–Crippen MR) is 145 cm³/mol. The van der Waals surface area contributed by atoms with Crippen LogP contribution in [0.4, 0.5) is 40.7 Å². The lowest BCUT2D eigenvalue weighted by Gasteiger charge is -2.28. The van der Waals surface area contributed by atoms with E-state index in [1.165, 1.54) is 24.4 Å². The fraction of sp³-hybridized carbons (Fsp3) is 0.357. The van der Waals surface area contributed by atoms with Crippen molar-refractivity contribution in [3.05, 3.63) is 77.0 Å². The van der Waals surface area contributed by atoms with Crippen LogP contribution in [0.3, 0.4) is 0 Å². The van der Waals surface area contributed by atoms with E-state index < -0.39 is 23.5 Å². The minimum atomic E-state index is -4.49. The van der Waals surface area contributed by atoms with Crippen LogP contribution < -0.4 is 21.1 Å². The van der Waals surface area contributed by atoms with E-state index in [-0.39, 0.29) is 23.1 Å². The maximum atomic E-state index is 14.2. The number of alkyl halides is 3. The average molecular weight is 572 g/mol. The van der Waals surface area contributed by atoms with E-state index in [1.54, 1.807) is 11.0 Å². The van der Waals surface area contributed by atoms with Gasteiger partial charge >= 0.3 is 6.18 Å². The third-order valence-electron chi connectivity index (χ3n) is 6.75. The number of hydrogen-bond acceptors (Lipinski definition) is 8. The van der Waals surface area contributed by atoms with Crippen LogP contribution in [0.15, 0.2) is 54.4 Å². The lowest BCUT2D eigenvalue weighted by atomic mass is 9.93. The maximum Gasteiger partial charge on any atom is 0.416 e. The highest BCUT2D eigenvalue weighted by Gasteiger charge is 2.31. The van der Waals surface area contributed by atoms with Gasteiger partial charge in [0.05, 0.1) is 36.9 Å². The summed E-state index contributed by atoms with van der Waals surface area (Å²) in [5.74, 6) is -1.11. The lowest BCUT2D eigenvalue weighted by molar-refractivity contribution is -0.137. The fourth-order valence-electron chi connectivity index (χ4n) is 4.72. The molecule has 1 aliphatic heterocycles. The van der Waals surface area contributed by atoms with Crippen LogP contribution in [0.25, 0.3) is 0 Å². The van der Waals surface area contributed by atoms with Crippen LogP contribution in [-0.2, 0) is 17.3 Å². The van der Waals surface area contributed by atoms with Gasteiger partial charge in [-0.15, -0.1) is 0 Å². The molecule has 3 N–H and O–H groups in total. The maximum absolute atomic E-state index is 14.2. The molecule has 216 valence electrons. The molecule has 0 spiro atoms. The van der Waals surface area contributed by atoms with Crippen molar-refractivity contribution in [1.82, 2.24) is 20.4 Å². The number of morpholine rings is 1. The number of amides is 1. The number of ether oxygens (including phenoxy) is 1. The Kier molecular flexibility index (Phi) is 8.62. The van der Waals surface area contributed by atoms with Crippen molar-refractivity contribution in [2.75, 3.05) is 41.9 Å². The minimum Gasteiger partial charge on any atom is -0.378 e. The molecule has 0 atom stereocenters. The molecule has 1 aliphatic carbocycles. The number of aromatic nitrogens is 3. The van der Waals surface area contributed by atoms with Gasteiger partial charge in [0.2, 0.25) is 5.95 Å². The van der Waals surface area contributed by atoms with Crippen LogP contribution in [0.1, 0.15) is 47.3 Å². The van der Waals surface area contributed by atoms with Gasteiger partial charge in [0.15, 0.2) is 11.6 Å². The number of nitrogens with one attached hydrogen (secondary N) is 3. The summed E-state index contributed by atoms with van der Waals surface area (Å²) in [6.07, 6.45) is 4.45. The van der Waals surface area contributed by atoms with Gasteiger partial charge in [0.1, 0.15) is 5.69 Å². The van der Waals surface area contributed by atoms with Crippen LogP contribution in [0, 0.1) is 5.82 Å². The highest BCUT2D eigenvalue weighted by atomic mass is 19.4. The molecule has 1 saturated heterocycles. The summed E-state index contributed by atoms with van der Waals surface area (Å²) < 4.78 is 60.3. The fourth-order valence-corrected chi connectivity index (χ4v) is 4.72. The normalized spacial score (nSPS) is 15.7. The second kappa shape index (κ2) is 12.5. The third-order valence-corrected chi connectivity index (χ3v) is 6.75. The van der Waals surface area contributed by atoms with Crippen molar-refractivity contribution < 1.29 is 27.1 Å². The number of hydrazine groups is 1. The molecule has 1 aromatic carbocycles. The molecule has 13 heteroatoms. The van der Waals surface area contributed by atoms with E-state index in [9.17, 15) is 22.4 Å². The van der Waals surface area contributed by atoms with Gasteiger partial charge in [-0.1, -0.05) is 11.6 Å². The predicted octanol–water partition coefficient (Wildman–Crippen LogP) is 5.41. The molecular formula is C28H29F4N7O2. The van der Waals surface area contributed by atoms with Gasteiger partial charge in [0.25, 0.3) is 5.91 Å². The molecule has 1 amide bonds. The molecule has 0 saturated carbocycles. The van der Waals surface area contributed by atoms with E-state index >= 15 is 0 Å². The Labute approximate surface area is 234 Å². The number of hydrogen-bond donors (Lipinski definition) is 3. The van der Waals surface area contributed by atoms with E-state index in [4.69, 9.17) is 4.74 Å². The molecule has 0 unspecified atom stereocenters. The first-order chi connectivity index (χ1) is 19.7. The first kappa shape index (κ1) is 28.3. The molecule has 41 heavy (non-hydrogen) atoms. The first-order valence-corrected chi connectivity index (χ1v) is 13.3. The summed E-state index contributed by atoms with van der Waals surface area (Å²) in [5.41, 5.74) is 6.67. The quantitative estimate of drug-likeness (QED) is 0.187. The first-order valence-electron chi connectivity index (χ1n) is 13.3. The number of carbonyl (C=O) groups is 1. The summed E-state index contributed by atoms with van der Waals surface area (Å²) in [4.78, 5) is 26.4. The molecule has 5 rings (SSSR count). The van der Waals surface area contributed by atoms with Crippen molar-refractivity contribution in [3.63, 3.8) is 0 Å². The van der Waals surface area contributed by atoms with Gasteiger partial charge in [-0.05, 0) is 68.0 Å². The Bertz CT molecular complexity index is 1410. The van der Waals surface area contributed by atoms with Crippen molar-refractivity contribution in [2.45, 2.75) is 38.3 Å². The SMILES string of the molecule is O=C(NNc1ncc(F)c(N2CCOCC2)n1)c1ccc(Nc2cc(CC3=CCCCC3)cc(C(F)(F)F)c2)cn1. The van der Waals surface area contributed by atoms with Crippen LogP contribution in [0.5, 0.6) is 0 Å². The number of nitrogens with zero attached hydrogens (tertiary/aromatic N) is 4. The standard InChI is InChI=1S/C28H29F4N7O2/c29-23-17-34-27(36-25(23)39-8-10-41-11-9-39)38-37-26(40)24-7-6-21(16-33-24)35-22-14-19(12-18-4-2-1-3-5-18)13-20(15-22)28(30,31)32/h4,6-7,13-17,35H,1-3,5,8-12H2,(H,37,40)(H,34,36,38). The number of anilines is 4. The Morgan fingerprint density at radius 3 is 2.56 bits per heavy atom. The second-order valence-electron chi connectivity index (χ2n) is 9.80. The molecule has 3 aromatic rings. The van der Waals surface area contributed by atoms with Gasteiger partial charge in [0, 0.05) is 18.8 Å². The lowest BCUT2D eigenvalue weighted by Crippen LogP contribution is -2.38. The van der Waals surface area contributed by atoms with Crippen LogP contribution >= 0.6 is 0 Å². The average Bonchev–Trinajstić information content (AvgIpc) is 2.97. The Morgan fingerprint density at radius 2 is 1.85 bits per heavy atom. The zero-order chi connectivity index (χ0) is 28.8. The van der Waals surface area contributed by atoms with Gasteiger partial charge in [-0.3, -0.25) is 15.6 Å². The Morgan fingerprint density at radius 1 is 1.02 bits per heavy atom. The summed E-state index contributed by atoms with van der Waals surface area (Å²) in [6.45, 7) is 1.85. The molecule has 3 heterocycles. The van der Waals surface area contributed by atoms with Gasteiger partial charge in [-0.2, -0.15) is 18.2 Å². The number of pyridine rings is 1. The van der Waals surface area contributed by atoms with E-state index in [0.717, 1.165) is 43.5 Å². The molecule has 0 bridgehead atoms. The smallest absolute Gasteiger partial charge is 0.378 e. The number of allylic oxidation sites excluding steroid dienone is 2. The summed E-state index contributed by atoms with van der Waals surface area (Å²) in [6, 6.07) is 6.90. The van der Waals surface area contributed by atoms with Crippen LogP contribution in [0.2, 0.25) is 0 Å². The van der Waals surface area contributed by atoms with Crippen molar-refractivity contribution in [1.29, 1.82) is 0 Å². The summed E-state index contributed by atoms with van der Waals surface area (Å²) in [7, 11) is 0. The largest absolute Gasteiger partial charge is 0.416 e. The van der Waals surface area contributed by atoms with Crippen molar-refractivity contribution in [2.24, 2.45) is 0 Å². The van der Waals surface area contributed by atoms with E-state index in [1.807, 2.05) is 0 Å².